The lowest BCUT2D eigenvalue weighted by atomic mass is 10.3. The summed E-state index contributed by atoms with van der Waals surface area (Å²) in [5.41, 5.74) is 6.73. The van der Waals surface area contributed by atoms with E-state index in [1.807, 2.05) is 13.8 Å². The number of hydrogen-bond acceptors (Lipinski definition) is 5. The van der Waals surface area contributed by atoms with Crippen LogP contribution in [0.2, 0.25) is 0 Å². The molecule has 7 heteroatoms. The van der Waals surface area contributed by atoms with Crippen LogP contribution in [-0.2, 0) is 16.6 Å². The van der Waals surface area contributed by atoms with Gasteiger partial charge < -0.3 is 15.4 Å². The van der Waals surface area contributed by atoms with Crippen LogP contribution in [0.4, 0.5) is 5.69 Å². The Bertz CT molecular complexity index is 493. The summed E-state index contributed by atoms with van der Waals surface area (Å²) in [6.45, 7) is 5.14. The first-order valence-corrected chi connectivity index (χ1v) is 5.97. The Balaban J connectivity index is 2.69. The van der Waals surface area contributed by atoms with Crippen molar-refractivity contribution < 1.29 is 14.3 Å². The standard InChI is InChI=1S/C12H20N4O3/c1-7(2)15(4)9(17)6-19-12(18)11-10(13)8(3)14-16(11)5/h7H,6,13H2,1-5H3. The third-order valence-electron chi connectivity index (χ3n) is 2.96. The Morgan fingerprint density at radius 2 is 2.05 bits per heavy atom. The molecular formula is C12H20N4O3. The molecule has 2 N–H and O–H groups in total. The zero-order valence-corrected chi connectivity index (χ0v) is 11.9. The van der Waals surface area contributed by atoms with Crippen molar-refractivity contribution in [3.8, 4) is 0 Å². The third kappa shape index (κ3) is 3.24. The average Bonchev–Trinajstić information content (AvgIpc) is 2.58. The molecule has 0 radical (unpaired) electrons. The van der Waals surface area contributed by atoms with E-state index in [-0.39, 0.29) is 29.9 Å². The monoisotopic (exact) mass is 268 g/mol. The number of nitrogen functional groups attached to an aromatic ring is 1. The highest BCUT2D eigenvalue weighted by Crippen LogP contribution is 2.16. The van der Waals surface area contributed by atoms with Crippen molar-refractivity contribution in [1.82, 2.24) is 14.7 Å². The molecule has 0 aliphatic rings. The second-order valence-electron chi connectivity index (χ2n) is 4.65. The summed E-state index contributed by atoms with van der Waals surface area (Å²) in [5.74, 6) is -0.910. The highest BCUT2D eigenvalue weighted by Gasteiger charge is 2.21. The maximum Gasteiger partial charge on any atom is 0.359 e. The third-order valence-corrected chi connectivity index (χ3v) is 2.96. The normalized spacial score (nSPS) is 10.6. The summed E-state index contributed by atoms with van der Waals surface area (Å²) in [5, 5.41) is 4.02. The van der Waals surface area contributed by atoms with E-state index in [0.717, 1.165) is 0 Å². The van der Waals surface area contributed by atoms with Gasteiger partial charge in [0.2, 0.25) is 0 Å². The van der Waals surface area contributed by atoms with Gasteiger partial charge in [0.1, 0.15) is 0 Å². The van der Waals surface area contributed by atoms with Crippen LogP contribution in [0.25, 0.3) is 0 Å². The van der Waals surface area contributed by atoms with Crippen LogP contribution in [0.3, 0.4) is 0 Å². The van der Waals surface area contributed by atoms with Gasteiger partial charge >= 0.3 is 5.97 Å². The Morgan fingerprint density at radius 1 is 1.47 bits per heavy atom. The predicted molar refractivity (Wildman–Crippen MR) is 70.5 cm³/mol. The molecule has 0 fully saturated rings. The fourth-order valence-electron chi connectivity index (χ4n) is 1.50. The van der Waals surface area contributed by atoms with E-state index in [4.69, 9.17) is 10.5 Å². The lowest BCUT2D eigenvalue weighted by Gasteiger charge is -2.21. The highest BCUT2D eigenvalue weighted by atomic mass is 16.5. The lowest BCUT2D eigenvalue weighted by molar-refractivity contribution is -0.134. The van der Waals surface area contributed by atoms with Gasteiger partial charge in [-0.25, -0.2) is 4.79 Å². The number of hydrogen-bond donors (Lipinski definition) is 1. The molecule has 1 heterocycles. The number of aromatic nitrogens is 2. The first kappa shape index (κ1) is 15.0. The molecule has 0 aliphatic heterocycles. The van der Waals surface area contributed by atoms with Crippen molar-refractivity contribution in [3.63, 3.8) is 0 Å². The fourth-order valence-corrected chi connectivity index (χ4v) is 1.50. The van der Waals surface area contributed by atoms with Crippen LogP contribution >= 0.6 is 0 Å². The Hall–Kier alpha value is -2.05. The second kappa shape index (κ2) is 5.73. The van der Waals surface area contributed by atoms with Crippen molar-refractivity contribution in [3.05, 3.63) is 11.4 Å². The number of likely N-dealkylation sites (N-methyl/N-ethyl adjacent to an activating group) is 1. The molecule has 0 saturated heterocycles. The maximum atomic E-state index is 11.9. The van der Waals surface area contributed by atoms with E-state index in [0.29, 0.717) is 5.69 Å². The Kier molecular flexibility index (Phi) is 4.52. The molecule has 1 aromatic rings. The van der Waals surface area contributed by atoms with E-state index in [2.05, 4.69) is 5.10 Å². The van der Waals surface area contributed by atoms with E-state index < -0.39 is 5.97 Å². The van der Waals surface area contributed by atoms with Crippen molar-refractivity contribution in [1.29, 1.82) is 0 Å². The molecule has 0 unspecified atom stereocenters. The zero-order valence-electron chi connectivity index (χ0n) is 11.9. The Morgan fingerprint density at radius 3 is 2.47 bits per heavy atom. The van der Waals surface area contributed by atoms with Crippen LogP contribution in [0.15, 0.2) is 0 Å². The number of carbonyl (C=O) groups excluding carboxylic acids is 2. The summed E-state index contributed by atoms with van der Waals surface area (Å²) in [7, 11) is 3.26. The molecule has 7 nitrogen and oxygen atoms in total. The SMILES string of the molecule is Cc1nn(C)c(C(=O)OCC(=O)N(C)C(C)C)c1N. The van der Waals surface area contributed by atoms with Gasteiger partial charge in [0, 0.05) is 20.1 Å². The smallest absolute Gasteiger partial charge is 0.359 e. The summed E-state index contributed by atoms with van der Waals surface area (Å²) in [4.78, 5) is 25.1. The molecule has 1 amide bonds. The van der Waals surface area contributed by atoms with Gasteiger partial charge in [-0.15, -0.1) is 0 Å². The second-order valence-corrected chi connectivity index (χ2v) is 4.65. The van der Waals surface area contributed by atoms with Crippen molar-refractivity contribution >= 4 is 17.6 Å². The van der Waals surface area contributed by atoms with Gasteiger partial charge in [0.25, 0.3) is 5.91 Å². The number of rotatable bonds is 4. The molecule has 19 heavy (non-hydrogen) atoms. The fraction of sp³-hybridized carbons (Fsp3) is 0.583. The van der Waals surface area contributed by atoms with Crippen molar-refractivity contribution in [2.45, 2.75) is 26.8 Å². The molecule has 0 aromatic carbocycles. The van der Waals surface area contributed by atoms with Crippen molar-refractivity contribution in [2.24, 2.45) is 7.05 Å². The lowest BCUT2D eigenvalue weighted by Crippen LogP contribution is -2.36. The molecule has 1 aromatic heterocycles. The van der Waals surface area contributed by atoms with Gasteiger partial charge in [-0.3, -0.25) is 9.48 Å². The zero-order chi connectivity index (χ0) is 14.7. The molecule has 0 bridgehead atoms. The summed E-state index contributed by atoms with van der Waals surface area (Å²) >= 11 is 0. The van der Waals surface area contributed by atoms with E-state index >= 15 is 0 Å². The topological polar surface area (TPSA) is 90.5 Å². The summed E-state index contributed by atoms with van der Waals surface area (Å²) in [6, 6.07) is 0.0511. The average molecular weight is 268 g/mol. The van der Waals surface area contributed by atoms with E-state index in [1.54, 1.807) is 21.0 Å². The minimum Gasteiger partial charge on any atom is -0.451 e. The van der Waals surface area contributed by atoms with Crippen LogP contribution in [-0.4, -0.2) is 46.3 Å². The minimum absolute atomic E-state index is 0.0511. The maximum absolute atomic E-state index is 11.9. The van der Waals surface area contributed by atoms with Gasteiger partial charge in [-0.1, -0.05) is 0 Å². The van der Waals surface area contributed by atoms with Gasteiger partial charge in [0.05, 0.1) is 11.4 Å². The number of esters is 1. The molecule has 0 atom stereocenters. The van der Waals surface area contributed by atoms with Gasteiger partial charge in [0.15, 0.2) is 12.3 Å². The van der Waals surface area contributed by atoms with E-state index in [9.17, 15) is 9.59 Å². The van der Waals surface area contributed by atoms with E-state index in [1.165, 1.54) is 9.58 Å². The number of nitrogens with zero attached hydrogens (tertiary/aromatic N) is 3. The van der Waals surface area contributed by atoms with Gasteiger partial charge in [-0.2, -0.15) is 5.10 Å². The van der Waals surface area contributed by atoms with Crippen LogP contribution in [0.5, 0.6) is 0 Å². The predicted octanol–water partition coefficient (Wildman–Crippen LogP) is 0.334. The number of carbonyl (C=O) groups is 2. The minimum atomic E-state index is -0.647. The molecule has 0 saturated carbocycles. The largest absolute Gasteiger partial charge is 0.451 e. The summed E-state index contributed by atoms with van der Waals surface area (Å²) in [6.07, 6.45) is 0. The number of anilines is 1. The number of aryl methyl sites for hydroxylation is 2. The molecule has 106 valence electrons. The summed E-state index contributed by atoms with van der Waals surface area (Å²) < 4.78 is 6.32. The molecule has 0 aliphatic carbocycles. The van der Waals surface area contributed by atoms with Crippen LogP contribution in [0.1, 0.15) is 30.0 Å². The van der Waals surface area contributed by atoms with Gasteiger partial charge in [-0.05, 0) is 20.8 Å². The highest BCUT2D eigenvalue weighted by molar-refractivity contribution is 5.95. The van der Waals surface area contributed by atoms with Crippen LogP contribution in [0, 0.1) is 6.92 Å². The molecule has 1 rings (SSSR count). The molecule has 0 spiro atoms. The Labute approximate surface area is 112 Å². The van der Waals surface area contributed by atoms with Crippen LogP contribution < -0.4 is 5.73 Å². The number of amides is 1. The quantitative estimate of drug-likeness (QED) is 0.795. The molecular weight excluding hydrogens is 248 g/mol. The number of nitrogens with two attached hydrogens (primary N) is 1. The first-order chi connectivity index (χ1) is 8.75. The van der Waals surface area contributed by atoms with Crippen molar-refractivity contribution in [2.75, 3.05) is 19.4 Å². The first-order valence-electron chi connectivity index (χ1n) is 5.97. The number of ether oxygens (including phenoxy) is 1.